The minimum Gasteiger partial charge on any atom is -0.375 e. The van der Waals surface area contributed by atoms with Crippen LogP contribution >= 0.6 is 0 Å². The number of nitrogens with one attached hydrogen (secondary N) is 2. The van der Waals surface area contributed by atoms with Crippen molar-refractivity contribution in [1.29, 1.82) is 0 Å². The van der Waals surface area contributed by atoms with Crippen molar-refractivity contribution in [2.24, 2.45) is 0 Å². The number of hydrogen-bond acceptors (Lipinski definition) is 5. The van der Waals surface area contributed by atoms with Crippen molar-refractivity contribution in [2.75, 3.05) is 57.9 Å². The van der Waals surface area contributed by atoms with Gasteiger partial charge in [-0.15, -0.1) is 0 Å². The second-order valence-corrected chi connectivity index (χ2v) is 6.03. The Balaban J connectivity index is 1.63. The number of nitrogens with zero attached hydrogens (tertiary/aromatic N) is 3. The zero-order chi connectivity index (χ0) is 15.4. The number of H-pyrrole nitrogens is 1. The Morgan fingerprint density at radius 3 is 3.00 bits per heavy atom. The Morgan fingerprint density at radius 1 is 1.41 bits per heavy atom. The van der Waals surface area contributed by atoms with Gasteiger partial charge in [0.05, 0.1) is 0 Å². The summed E-state index contributed by atoms with van der Waals surface area (Å²) >= 11 is 0. The third kappa shape index (κ3) is 3.41. The molecule has 22 heavy (non-hydrogen) atoms. The van der Waals surface area contributed by atoms with Crippen LogP contribution in [0, 0.1) is 0 Å². The van der Waals surface area contributed by atoms with E-state index in [4.69, 9.17) is 4.74 Å². The lowest BCUT2D eigenvalue weighted by Gasteiger charge is -2.32. The van der Waals surface area contributed by atoms with Gasteiger partial charge < -0.3 is 19.9 Å². The van der Waals surface area contributed by atoms with Crippen molar-refractivity contribution in [3.8, 4) is 0 Å². The first kappa shape index (κ1) is 15.3. The van der Waals surface area contributed by atoms with Crippen LogP contribution in [0.25, 0.3) is 0 Å². The molecule has 3 rings (SSSR count). The fraction of sp³-hybridized carbons (Fsp3) is 0.733. The highest BCUT2D eigenvalue weighted by Gasteiger charge is 2.26. The highest BCUT2D eigenvalue weighted by Crippen LogP contribution is 2.27. The van der Waals surface area contributed by atoms with E-state index < -0.39 is 0 Å². The van der Waals surface area contributed by atoms with Crippen LogP contribution < -0.4 is 10.2 Å². The predicted octanol–water partition coefficient (Wildman–Crippen LogP) is 0.172. The van der Waals surface area contributed by atoms with Crippen molar-refractivity contribution in [3.63, 3.8) is 0 Å². The Labute approximate surface area is 131 Å². The third-order valence-corrected chi connectivity index (χ3v) is 4.51. The molecule has 0 bridgehead atoms. The maximum Gasteiger partial charge on any atom is 0.248 e. The molecule has 1 amide bonds. The number of carbonyl (C=O) groups is 1. The number of piperidine rings is 1. The standard InChI is InChI=1S/C15H25N5O2/c1-22-11-15(21)20-6-2-3-12(10-20)13-9-14(18-17-13)19-7-4-16-5-8-19/h9,12,16H,2-8,10-11H2,1H3,(H,17,18). The van der Waals surface area contributed by atoms with Gasteiger partial charge in [0.2, 0.25) is 5.91 Å². The summed E-state index contributed by atoms with van der Waals surface area (Å²) in [5, 5.41) is 11.0. The molecule has 0 spiro atoms. The van der Waals surface area contributed by atoms with Crippen LogP contribution in [0.5, 0.6) is 0 Å². The quantitative estimate of drug-likeness (QED) is 0.830. The fourth-order valence-electron chi connectivity index (χ4n) is 3.26. The number of likely N-dealkylation sites (tertiary alicyclic amines) is 1. The van der Waals surface area contributed by atoms with Crippen molar-refractivity contribution in [1.82, 2.24) is 20.4 Å². The van der Waals surface area contributed by atoms with E-state index >= 15 is 0 Å². The maximum atomic E-state index is 12.0. The predicted molar refractivity (Wildman–Crippen MR) is 84.1 cm³/mol. The molecule has 2 fully saturated rings. The van der Waals surface area contributed by atoms with Crippen molar-refractivity contribution >= 4 is 11.7 Å². The van der Waals surface area contributed by atoms with Gasteiger partial charge in [0.25, 0.3) is 0 Å². The zero-order valence-corrected chi connectivity index (χ0v) is 13.2. The summed E-state index contributed by atoms with van der Waals surface area (Å²) < 4.78 is 4.96. The topological polar surface area (TPSA) is 73.5 Å². The van der Waals surface area contributed by atoms with E-state index in [0.29, 0.717) is 5.92 Å². The molecule has 2 aliphatic heterocycles. The lowest BCUT2D eigenvalue weighted by Crippen LogP contribution is -2.43. The Bertz CT molecular complexity index is 498. The molecule has 7 nitrogen and oxygen atoms in total. The van der Waals surface area contributed by atoms with Crippen LogP contribution in [0.4, 0.5) is 5.82 Å². The lowest BCUT2D eigenvalue weighted by atomic mass is 9.95. The van der Waals surface area contributed by atoms with Gasteiger partial charge in [-0.3, -0.25) is 9.89 Å². The highest BCUT2D eigenvalue weighted by atomic mass is 16.5. The molecule has 0 saturated carbocycles. The SMILES string of the molecule is COCC(=O)N1CCCC(c2cc(N3CCNCC3)n[nH]2)C1. The van der Waals surface area contributed by atoms with Crippen LogP contribution in [0.15, 0.2) is 6.07 Å². The largest absolute Gasteiger partial charge is 0.375 e. The van der Waals surface area contributed by atoms with E-state index in [0.717, 1.165) is 63.6 Å². The first-order valence-electron chi connectivity index (χ1n) is 8.05. The first-order valence-corrected chi connectivity index (χ1v) is 8.05. The van der Waals surface area contributed by atoms with Gasteiger partial charge in [-0.05, 0) is 12.8 Å². The van der Waals surface area contributed by atoms with Gasteiger partial charge >= 0.3 is 0 Å². The molecule has 1 aromatic heterocycles. The highest BCUT2D eigenvalue weighted by molar-refractivity contribution is 5.77. The molecule has 3 heterocycles. The number of hydrogen-bond donors (Lipinski definition) is 2. The van der Waals surface area contributed by atoms with E-state index in [1.165, 1.54) is 0 Å². The monoisotopic (exact) mass is 307 g/mol. The first-order chi connectivity index (χ1) is 10.8. The van der Waals surface area contributed by atoms with Crippen LogP contribution in [0.2, 0.25) is 0 Å². The van der Waals surface area contributed by atoms with E-state index in [-0.39, 0.29) is 12.5 Å². The van der Waals surface area contributed by atoms with Crippen molar-refractivity contribution in [3.05, 3.63) is 11.8 Å². The van der Waals surface area contributed by atoms with Gasteiger partial charge in [0.15, 0.2) is 5.82 Å². The molecule has 1 aromatic rings. The summed E-state index contributed by atoms with van der Waals surface area (Å²) in [6.45, 7) is 5.75. The summed E-state index contributed by atoms with van der Waals surface area (Å²) in [7, 11) is 1.56. The number of ether oxygens (including phenoxy) is 1. The smallest absolute Gasteiger partial charge is 0.248 e. The van der Waals surface area contributed by atoms with Gasteiger partial charge in [-0.1, -0.05) is 0 Å². The molecule has 2 aliphatic rings. The second-order valence-electron chi connectivity index (χ2n) is 6.03. The number of rotatable bonds is 4. The molecule has 1 atom stereocenters. The molecule has 0 aromatic carbocycles. The summed E-state index contributed by atoms with van der Waals surface area (Å²) in [4.78, 5) is 16.2. The number of aromatic nitrogens is 2. The molecule has 0 aliphatic carbocycles. The molecular formula is C15H25N5O2. The van der Waals surface area contributed by atoms with E-state index in [2.05, 4.69) is 26.5 Å². The van der Waals surface area contributed by atoms with E-state index in [1.54, 1.807) is 7.11 Å². The minimum atomic E-state index is 0.0778. The lowest BCUT2D eigenvalue weighted by molar-refractivity contribution is -0.136. The molecule has 0 radical (unpaired) electrons. The van der Waals surface area contributed by atoms with Gasteiger partial charge in [-0.25, -0.2) is 0 Å². The fourth-order valence-corrected chi connectivity index (χ4v) is 3.26. The summed E-state index contributed by atoms with van der Waals surface area (Å²) in [6, 6.07) is 2.15. The number of aromatic amines is 1. The summed E-state index contributed by atoms with van der Waals surface area (Å²) in [5.74, 6) is 1.45. The number of methoxy groups -OCH3 is 1. The minimum absolute atomic E-state index is 0.0778. The van der Waals surface area contributed by atoms with Gasteiger partial charge in [0, 0.05) is 64.1 Å². The Hall–Kier alpha value is -1.60. The van der Waals surface area contributed by atoms with Crippen LogP contribution in [-0.2, 0) is 9.53 Å². The summed E-state index contributed by atoms with van der Waals surface area (Å²) in [5.41, 5.74) is 1.14. The average molecular weight is 307 g/mol. The molecule has 2 saturated heterocycles. The maximum absolute atomic E-state index is 12.0. The molecule has 1 unspecified atom stereocenters. The van der Waals surface area contributed by atoms with Crippen LogP contribution in [0.1, 0.15) is 24.5 Å². The van der Waals surface area contributed by atoms with Gasteiger partial charge in [-0.2, -0.15) is 5.10 Å². The molecule has 2 N–H and O–H groups in total. The number of carbonyl (C=O) groups excluding carboxylic acids is 1. The average Bonchev–Trinajstić information content (AvgIpc) is 3.06. The Kier molecular flexibility index (Phi) is 4.94. The molecule has 122 valence electrons. The normalized spacial score (nSPS) is 22.9. The van der Waals surface area contributed by atoms with Crippen LogP contribution in [-0.4, -0.2) is 74.0 Å². The molecular weight excluding hydrogens is 282 g/mol. The summed E-state index contributed by atoms with van der Waals surface area (Å²) in [6.07, 6.45) is 2.13. The van der Waals surface area contributed by atoms with Crippen molar-refractivity contribution < 1.29 is 9.53 Å². The zero-order valence-electron chi connectivity index (χ0n) is 13.2. The van der Waals surface area contributed by atoms with E-state index in [9.17, 15) is 4.79 Å². The van der Waals surface area contributed by atoms with E-state index in [1.807, 2.05) is 4.90 Å². The third-order valence-electron chi connectivity index (χ3n) is 4.51. The van der Waals surface area contributed by atoms with Gasteiger partial charge in [0.1, 0.15) is 6.61 Å². The number of amides is 1. The van der Waals surface area contributed by atoms with Crippen LogP contribution in [0.3, 0.4) is 0 Å². The number of anilines is 1. The second kappa shape index (κ2) is 7.11. The number of piperazine rings is 1. The molecule has 7 heteroatoms. The Morgan fingerprint density at radius 2 is 2.23 bits per heavy atom. The van der Waals surface area contributed by atoms with Crippen molar-refractivity contribution in [2.45, 2.75) is 18.8 Å².